The number of hydrogen-bond acceptors (Lipinski definition) is 9. The summed E-state index contributed by atoms with van der Waals surface area (Å²) in [6.45, 7) is 2.08. The number of pyridine rings is 1. The summed E-state index contributed by atoms with van der Waals surface area (Å²) in [6, 6.07) is 5.64. The second-order valence-electron chi connectivity index (χ2n) is 12.1. The van der Waals surface area contributed by atoms with Crippen molar-refractivity contribution in [1.82, 2.24) is 20.9 Å². The standard InChI is InChI=1S/C36H37ClFN5O11/c1-3-14-43(18-20-4-7-26-23(16-20)24(37)15-19(2)39-26)21-5-6-22(25(38)17-21)33(50)40-27(8-11-30(44)45)34(51)41-28(9-12-31(46)47)35(52)42-29(36(53)54)10-13-32(48)49/h1,4-7,15-17,27-29H,8-14,18H2,2H3,(H,40,50)(H,41,51)(H,42,52)(H,44,45)(H,46,47)(H,48,49)(H,53,54)/t27-,28-,29-/m0/s1. The van der Waals surface area contributed by atoms with E-state index in [1.165, 1.54) is 6.07 Å². The van der Waals surface area contributed by atoms with Crippen molar-refractivity contribution in [3.05, 3.63) is 70.1 Å². The maximum absolute atomic E-state index is 15.5. The molecule has 0 bridgehead atoms. The number of carboxylic acid groups (broad SMARTS) is 4. The van der Waals surface area contributed by atoms with Gasteiger partial charge in [0.1, 0.15) is 23.9 Å². The van der Waals surface area contributed by atoms with Gasteiger partial charge in [-0.1, -0.05) is 23.6 Å². The Hall–Kier alpha value is -6.28. The highest BCUT2D eigenvalue weighted by Crippen LogP contribution is 2.26. The third-order valence-electron chi connectivity index (χ3n) is 7.98. The molecular formula is C36H37ClFN5O11. The Kier molecular flexibility index (Phi) is 15.2. The average Bonchev–Trinajstić information content (AvgIpc) is 3.09. The third kappa shape index (κ3) is 12.4. The molecule has 3 rings (SSSR count). The van der Waals surface area contributed by atoms with Crippen LogP contribution in [0.3, 0.4) is 0 Å². The maximum Gasteiger partial charge on any atom is 0.326 e. The first-order valence-electron chi connectivity index (χ1n) is 16.3. The van der Waals surface area contributed by atoms with Crippen LogP contribution in [0.5, 0.6) is 0 Å². The van der Waals surface area contributed by atoms with Gasteiger partial charge < -0.3 is 41.3 Å². The van der Waals surface area contributed by atoms with E-state index in [1.54, 1.807) is 17.0 Å². The molecule has 1 aromatic heterocycles. The molecule has 0 saturated heterocycles. The Morgan fingerprint density at radius 1 is 0.815 bits per heavy atom. The largest absolute Gasteiger partial charge is 0.481 e. The van der Waals surface area contributed by atoms with Gasteiger partial charge in [0.25, 0.3) is 5.91 Å². The van der Waals surface area contributed by atoms with Crippen molar-refractivity contribution >= 4 is 69.8 Å². The minimum atomic E-state index is -1.71. The Labute approximate surface area is 312 Å². The molecule has 16 nitrogen and oxygen atoms in total. The van der Waals surface area contributed by atoms with Crippen LogP contribution in [0.15, 0.2) is 42.5 Å². The van der Waals surface area contributed by atoms with Crippen LogP contribution >= 0.6 is 11.6 Å². The molecule has 0 unspecified atom stereocenters. The molecule has 2 aromatic carbocycles. The summed E-state index contributed by atoms with van der Waals surface area (Å²) in [4.78, 5) is 90.8. The number of halogens is 2. The molecule has 54 heavy (non-hydrogen) atoms. The lowest BCUT2D eigenvalue weighted by atomic mass is 10.1. The first-order chi connectivity index (χ1) is 25.5. The molecule has 0 aliphatic rings. The highest BCUT2D eigenvalue weighted by molar-refractivity contribution is 6.35. The number of terminal acetylenes is 1. The van der Waals surface area contributed by atoms with Crippen molar-refractivity contribution in [2.75, 3.05) is 11.4 Å². The van der Waals surface area contributed by atoms with Gasteiger partial charge in [-0.3, -0.25) is 33.8 Å². The summed E-state index contributed by atoms with van der Waals surface area (Å²) in [6.07, 6.45) is 1.96. The van der Waals surface area contributed by atoms with Crippen molar-refractivity contribution < 1.29 is 58.4 Å². The molecule has 7 N–H and O–H groups in total. The summed E-state index contributed by atoms with van der Waals surface area (Å²) in [5.41, 5.74) is 1.96. The van der Waals surface area contributed by atoms with E-state index in [9.17, 15) is 43.8 Å². The molecule has 0 aliphatic heterocycles. The van der Waals surface area contributed by atoms with Gasteiger partial charge in [0.15, 0.2) is 0 Å². The van der Waals surface area contributed by atoms with Gasteiger partial charge in [-0.2, -0.15) is 0 Å². The normalized spacial score (nSPS) is 12.4. The average molecular weight is 770 g/mol. The Morgan fingerprint density at radius 2 is 1.37 bits per heavy atom. The fraction of sp³-hybridized carbons (Fsp3) is 0.333. The van der Waals surface area contributed by atoms with Crippen LogP contribution in [0.2, 0.25) is 5.02 Å². The third-order valence-corrected chi connectivity index (χ3v) is 8.29. The first kappa shape index (κ1) is 42.1. The van der Waals surface area contributed by atoms with Crippen LogP contribution in [-0.4, -0.2) is 91.7 Å². The molecule has 0 saturated carbocycles. The van der Waals surface area contributed by atoms with E-state index >= 15 is 4.39 Å². The number of carbonyl (C=O) groups excluding carboxylic acids is 3. The van der Waals surface area contributed by atoms with Crippen LogP contribution in [0.25, 0.3) is 10.9 Å². The number of nitrogens with zero attached hydrogens (tertiary/aromatic N) is 2. The Balaban J connectivity index is 1.82. The predicted molar refractivity (Wildman–Crippen MR) is 191 cm³/mol. The molecule has 286 valence electrons. The van der Waals surface area contributed by atoms with E-state index in [-0.39, 0.29) is 13.1 Å². The van der Waals surface area contributed by atoms with Crippen molar-refractivity contribution in [2.24, 2.45) is 0 Å². The first-order valence-corrected chi connectivity index (χ1v) is 16.7. The smallest absolute Gasteiger partial charge is 0.326 e. The second kappa shape index (κ2) is 19.5. The van der Waals surface area contributed by atoms with Crippen molar-refractivity contribution in [2.45, 2.75) is 70.1 Å². The maximum atomic E-state index is 15.5. The van der Waals surface area contributed by atoms with Crippen LogP contribution in [0, 0.1) is 25.1 Å². The number of aliphatic carboxylic acids is 4. The zero-order valence-corrected chi connectivity index (χ0v) is 29.6. The lowest BCUT2D eigenvalue weighted by Gasteiger charge is -2.25. The zero-order valence-electron chi connectivity index (χ0n) is 28.8. The highest BCUT2D eigenvalue weighted by Gasteiger charge is 2.31. The van der Waals surface area contributed by atoms with Crippen molar-refractivity contribution in [1.29, 1.82) is 0 Å². The summed E-state index contributed by atoms with van der Waals surface area (Å²) in [5.74, 6) is -7.68. The number of carboxylic acids is 4. The lowest BCUT2D eigenvalue weighted by Crippen LogP contribution is -2.56. The molecule has 0 aliphatic carbocycles. The highest BCUT2D eigenvalue weighted by atomic mass is 35.5. The second-order valence-corrected chi connectivity index (χ2v) is 12.5. The zero-order chi connectivity index (χ0) is 40.1. The molecule has 18 heteroatoms. The predicted octanol–water partition coefficient (Wildman–Crippen LogP) is 2.72. The van der Waals surface area contributed by atoms with Gasteiger partial charge in [-0.25, -0.2) is 9.18 Å². The van der Waals surface area contributed by atoms with E-state index in [2.05, 4.69) is 21.5 Å². The number of rotatable bonds is 20. The van der Waals surface area contributed by atoms with Crippen LogP contribution in [-0.2, 0) is 35.3 Å². The summed E-state index contributed by atoms with van der Waals surface area (Å²) in [7, 11) is 0. The van der Waals surface area contributed by atoms with Gasteiger partial charge in [0.2, 0.25) is 11.8 Å². The SMILES string of the molecule is C#CCN(Cc1ccc2nc(C)cc(Cl)c2c1)c1ccc(C(=O)N[C@@H](CCC(=O)O)C(=O)N[C@@H](CCC(=O)O)C(=O)N[C@@H](CCC(=O)O)C(=O)O)c(F)c1. The number of hydrogen-bond donors (Lipinski definition) is 7. The monoisotopic (exact) mass is 769 g/mol. The molecule has 0 spiro atoms. The molecule has 1 heterocycles. The van der Waals surface area contributed by atoms with Crippen LogP contribution in [0.1, 0.15) is 60.1 Å². The topological polar surface area (TPSA) is 253 Å². The summed E-state index contributed by atoms with van der Waals surface area (Å²) in [5, 5.41) is 44.4. The molecule has 3 aromatic rings. The van der Waals surface area contributed by atoms with Gasteiger partial charge in [-0.15, -0.1) is 6.42 Å². The molecule has 3 amide bonds. The molecule has 3 atom stereocenters. The molecule has 0 radical (unpaired) electrons. The van der Waals surface area contributed by atoms with E-state index in [1.807, 2.05) is 24.4 Å². The van der Waals surface area contributed by atoms with Crippen LogP contribution < -0.4 is 20.9 Å². The van der Waals surface area contributed by atoms with E-state index < -0.39 is 110 Å². The fourth-order valence-corrected chi connectivity index (χ4v) is 5.60. The number of benzene rings is 2. The number of fused-ring (bicyclic) bond motifs is 1. The van der Waals surface area contributed by atoms with Gasteiger partial charge in [0.05, 0.1) is 22.6 Å². The van der Waals surface area contributed by atoms with Crippen molar-refractivity contribution in [3.63, 3.8) is 0 Å². The molecule has 0 fully saturated rings. The van der Waals surface area contributed by atoms with Crippen LogP contribution in [0.4, 0.5) is 10.1 Å². The van der Waals surface area contributed by atoms with Gasteiger partial charge >= 0.3 is 23.9 Å². The minimum Gasteiger partial charge on any atom is -0.481 e. The van der Waals surface area contributed by atoms with E-state index in [4.69, 9.17) is 28.2 Å². The van der Waals surface area contributed by atoms with E-state index in [0.717, 1.165) is 23.4 Å². The number of nitrogens with one attached hydrogen (secondary N) is 3. The van der Waals surface area contributed by atoms with Gasteiger partial charge in [-0.05, 0) is 68.1 Å². The number of aryl methyl sites for hydroxylation is 1. The van der Waals surface area contributed by atoms with E-state index in [0.29, 0.717) is 21.6 Å². The molecular weight excluding hydrogens is 733 g/mol. The Morgan fingerprint density at radius 3 is 1.91 bits per heavy atom. The summed E-state index contributed by atoms with van der Waals surface area (Å²) < 4.78 is 15.5. The quantitative estimate of drug-likeness (QED) is 0.0818. The lowest BCUT2D eigenvalue weighted by molar-refractivity contribution is -0.144. The van der Waals surface area contributed by atoms with Crippen molar-refractivity contribution in [3.8, 4) is 12.3 Å². The summed E-state index contributed by atoms with van der Waals surface area (Å²) >= 11 is 6.42. The number of aromatic nitrogens is 1. The number of anilines is 1. The number of carbonyl (C=O) groups is 7. The minimum absolute atomic E-state index is 0.0454. The van der Waals surface area contributed by atoms with Gasteiger partial charge in [0, 0.05) is 42.6 Å². The number of amides is 3. The Bertz CT molecular complexity index is 1990. The fourth-order valence-electron chi connectivity index (χ4n) is 5.29.